The summed E-state index contributed by atoms with van der Waals surface area (Å²) in [5.74, 6) is -1.49. The van der Waals surface area contributed by atoms with Gasteiger partial charge in [-0.1, -0.05) is 18.2 Å². The molecular weight excluding hydrogens is 380 g/mol. The zero-order chi connectivity index (χ0) is 21.4. The van der Waals surface area contributed by atoms with Gasteiger partial charge in [0.25, 0.3) is 0 Å². The number of hydrogen-bond donors (Lipinski definition) is 1. The van der Waals surface area contributed by atoms with Gasteiger partial charge in [-0.2, -0.15) is 0 Å². The number of carbonyl (C=O) groups excluding carboxylic acids is 3. The molecule has 1 heterocycles. The zero-order valence-corrected chi connectivity index (χ0v) is 16.8. The molecule has 0 fully saturated rings. The Balaban J connectivity index is 2.39. The van der Waals surface area contributed by atoms with Gasteiger partial charge in [-0.05, 0) is 32.4 Å². The Morgan fingerprint density at radius 1 is 1.10 bits per heavy atom. The zero-order valence-electron chi connectivity index (χ0n) is 16.8. The van der Waals surface area contributed by atoms with E-state index in [1.807, 2.05) is 0 Å². The molecule has 1 N–H and O–H groups in total. The van der Waals surface area contributed by atoms with Gasteiger partial charge in [0, 0.05) is 11.8 Å². The fraction of sp³-hybridized carbons (Fsp3) is 0.421. The molecule has 1 amide bonds. The van der Waals surface area contributed by atoms with Crippen LogP contribution in [0.2, 0.25) is 0 Å². The molecule has 10 heteroatoms. The number of hydrogen-bond acceptors (Lipinski definition) is 8. The lowest BCUT2D eigenvalue weighted by molar-refractivity contribution is -0.119. The van der Waals surface area contributed by atoms with Gasteiger partial charge >= 0.3 is 11.9 Å². The highest BCUT2D eigenvalue weighted by molar-refractivity contribution is 6.01. The summed E-state index contributed by atoms with van der Waals surface area (Å²) in [5, 5.41) is 10.4. The Morgan fingerprint density at radius 3 is 2.41 bits per heavy atom. The van der Waals surface area contributed by atoms with Crippen molar-refractivity contribution < 1.29 is 28.6 Å². The van der Waals surface area contributed by atoms with Gasteiger partial charge in [-0.3, -0.25) is 4.79 Å². The third-order valence-corrected chi connectivity index (χ3v) is 3.95. The number of aromatic nitrogens is 3. The van der Waals surface area contributed by atoms with E-state index in [0.717, 1.165) is 4.68 Å². The quantitative estimate of drug-likeness (QED) is 0.632. The summed E-state index contributed by atoms with van der Waals surface area (Å²) >= 11 is 0. The van der Waals surface area contributed by atoms with Gasteiger partial charge in [0.1, 0.15) is 11.8 Å². The monoisotopic (exact) mass is 404 g/mol. The lowest BCUT2D eigenvalue weighted by Gasteiger charge is -2.17. The minimum Gasteiger partial charge on any atom is -0.497 e. The Bertz CT molecular complexity index is 879. The average molecular weight is 404 g/mol. The molecule has 0 bridgehead atoms. The van der Waals surface area contributed by atoms with Crippen LogP contribution in [0.3, 0.4) is 0 Å². The van der Waals surface area contributed by atoms with Crippen molar-refractivity contribution in [3.05, 3.63) is 35.7 Å². The van der Waals surface area contributed by atoms with E-state index in [0.29, 0.717) is 11.4 Å². The lowest BCUT2D eigenvalue weighted by atomic mass is 10.2. The van der Waals surface area contributed by atoms with E-state index in [-0.39, 0.29) is 31.0 Å². The van der Waals surface area contributed by atoms with Crippen LogP contribution >= 0.6 is 0 Å². The second kappa shape index (κ2) is 10.2. The number of anilines is 1. The Kier molecular flexibility index (Phi) is 7.70. The van der Waals surface area contributed by atoms with Crippen molar-refractivity contribution in [3.8, 4) is 5.75 Å². The first-order chi connectivity index (χ1) is 14.0. The highest BCUT2D eigenvalue weighted by atomic mass is 16.5. The Hall–Kier alpha value is -3.43. The van der Waals surface area contributed by atoms with Crippen LogP contribution in [0.5, 0.6) is 5.75 Å². The molecule has 2 aromatic rings. The minimum atomic E-state index is -0.906. The third-order valence-electron chi connectivity index (χ3n) is 3.95. The van der Waals surface area contributed by atoms with Crippen LogP contribution in [0.1, 0.15) is 54.2 Å². The highest BCUT2D eigenvalue weighted by Crippen LogP contribution is 2.22. The Labute approximate surface area is 168 Å². The van der Waals surface area contributed by atoms with E-state index in [4.69, 9.17) is 14.2 Å². The van der Waals surface area contributed by atoms with E-state index < -0.39 is 23.9 Å². The van der Waals surface area contributed by atoms with Crippen molar-refractivity contribution in [3.63, 3.8) is 0 Å². The van der Waals surface area contributed by atoms with E-state index >= 15 is 0 Å². The number of carbonyl (C=O) groups is 3. The van der Waals surface area contributed by atoms with Crippen molar-refractivity contribution in [1.82, 2.24) is 15.0 Å². The van der Waals surface area contributed by atoms with Crippen LogP contribution in [-0.2, 0) is 14.3 Å². The predicted octanol–water partition coefficient (Wildman–Crippen LogP) is 2.23. The molecular formula is C19H24N4O6. The fourth-order valence-electron chi connectivity index (χ4n) is 2.63. The van der Waals surface area contributed by atoms with Crippen LogP contribution in [0.15, 0.2) is 24.3 Å². The number of benzene rings is 1. The van der Waals surface area contributed by atoms with Crippen LogP contribution in [0, 0.1) is 0 Å². The fourth-order valence-corrected chi connectivity index (χ4v) is 2.63. The largest absolute Gasteiger partial charge is 0.497 e. The lowest BCUT2D eigenvalue weighted by Crippen LogP contribution is -2.29. The molecule has 10 nitrogen and oxygen atoms in total. The molecule has 0 saturated carbocycles. The predicted molar refractivity (Wildman–Crippen MR) is 103 cm³/mol. The number of ether oxygens (including phenoxy) is 3. The van der Waals surface area contributed by atoms with Crippen molar-refractivity contribution in [2.45, 2.75) is 33.2 Å². The molecule has 0 unspecified atom stereocenters. The van der Waals surface area contributed by atoms with Crippen LogP contribution in [-0.4, -0.2) is 53.2 Å². The maximum atomic E-state index is 12.9. The van der Waals surface area contributed by atoms with Crippen LogP contribution < -0.4 is 10.1 Å². The Morgan fingerprint density at radius 2 is 1.79 bits per heavy atom. The van der Waals surface area contributed by atoms with Crippen molar-refractivity contribution in [2.75, 3.05) is 25.6 Å². The SMILES string of the molecule is CCOC(=O)c1nnn([C@@H](CC)C(=O)Nc2cccc(OC)c2)c1C(=O)OCC. The topological polar surface area (TPSA) is 122 Å². The van der Waals surface area contributed by atoms with E-state index in [1.54, 1.807) is 45.0 Å². The maximum Gasteiger partial charge on any atom is 0.361 e. The number of rotatable bonds is 9. The van der Waals surface area contributed by atoms with Crippen molar-refractivity contribution >= 4 is 23.5 Å². The van der Waals surface area contributed by atoms with Gasteiger partial charge in [0.2, 0.25) is 11.6 Å². The normalized spacial score (nSPS) is 11.4. The summed E-state index contributed by atoms with van der Waals surface area (Å²) in [5.41, 5.74) is -0.00733. The summed E-state index contributed by atoms with van der Waals surface area (Å²) in [6.45, 7) is 5.18. The van der Waals surface area contributed by atoms with Gasteiger partial charge in [0.15, 0.2) is 5.69 Å². The maximum absolute atomic E-state index is 12.9. The minimum absolute atomic E-state index is 0.0824. The molecule has 2 rings (SSSR count). The molecule has 29 heavy (non-hydrogen) atoms. The van der Waals surface area contributed by atoms with E-state index in [9.17, 15) is 14.4 Å². The summed E-state index contributed by atoms with van der Waals surface area (Å²) < 4.78 is 16.2. The van der Waals surface area contributed by atoms with Crippen molar-refractivity contribution in [2.24, 2.45) is 0 Å². The highest BCUT2D eigenvalue weighted by Gasteiger charge is 2.33. The molecule has 0 aliphatic rings. The molecule has 1 aromatic carbocycles. The molecule has 0 aliphatic heterocycles. The summed E-state index contributed by atoms with van der Waals surface area (Å²) in [6, 6.07) is 5.92. The smallest absolute Gasteiger partial charge is 0.361 e. The number of nitrogens with zero attached hydrogens (tertiary/aromatic N) is 3. The molecule has 1 aromatic heterocycles. The third kappa shape index (κ3) is 5.09. The molecule has 0 saturated heterocycles. The number of esters is 2. The van der Waals surface area contributed by atoms with Gasteiger partial charge in [-0.15, -0.1) is 5.10 Å². The summed E-state index contributed by atoms with van der Waals surface area (Å²) in [4.78, 5) is 37.5. The first-order valence-electron chi connectivity index (χ1n) is 9.21. The van der Waals surface area contributed by atoms with Crippen LogP contribution in [0.25, 0.3) is 0 Å². The number of methoxy groups -OCH3 is 1. The van der Waals surface area contributed by atoms with Gasteiger partial charge < -0.3 is 19.5 Å². The molecule has 156 valence electrons. The van der Waals surface area contributed by atoms with Crippen molar-refractivity contribution in [1.29, 1.82) is 0 Å². The molecule has 0 radical (unpaired) electrons. The van der Waals surface area contributed by atoms with E-state index in [1.165, 1.54) is 7.11 Å². The second-order valence-electron chi connectivity index (χ2n) is 5.82. The molecule has 0 spiro atoms. The van der Waals surface area contributed by atoms with Crippen LogP contribution in [0.4, 0.5) is 5.69 Å². The summed E-state index contributed by atoms with van der Waals surface area (Å²) in [7, 11) is 1.52. The number of nitrogens with one attached hydrogen (secondary N) is 1. The van der Waals surface area contributed by atoms with E-state index in [2.05, 4.69) is 15.6 Å². The first-order valence-corrected chi connectivity index (χ1v) is 9.21. The number of amides is 1. The summed E-state index contributed by atoms with van der Waals surface area (Å²) in [6.07, 6.45) is 0.286. The molecule has 0 aliphatic carbocycles. The van der Waals surface area contributed by atoms with Gasteiger partial charge in [-0.25, -0.2) is 14.3 Å². The first kappa shape index (κ1) is 21.9. The second-order valence-corrected chi connectivity index (χ2v) is 5.82. The standard InChI is InChI=1S/C19H24N4O6/c1-5-14(17(24)20-12-9-8-10-13(11-12)27-4)23-16(19(26)29-7-3)15(21-22-23)18(25)28-6-2/h8-11,14H,5-7H2,1-4H3,(H,20,24)/t14-/m0/s1. The average Bonchev–Trinajstić information content (AvgIpc) is 3.14. The van der Waals surface area contributed by atoms with Gasteiger partial charge in [0.05, 0.1) is 20.3 Å². The molecule has 1 atom stereocenters.